The fourth-order valence-corrected chi connectivity index (χ4v) is 3.95. The summed E-state index contributed by atoms with van der Waals surface area (Å²) >= 11 is 0. The average molecular weight is 406 g/mol. The minimum Gasteiger partial charge on any atom is -0.366 e. The van der Waals surface area contributed by atoms with Crippen molar-refractivity contribution in [2.24, 2.45) is 0 Å². The number of hydrogen-bond donors (Lipinski definition) is 4. The molecule has 6 heteroatoms. The van der Waals surface area contributed by atoms with Crippen LogP contribution >= 0.6 is 0 Å². The standard InChI is InChI=1S/C25H22N6/c1-16-10-24(29-14-17-12-27-22-8-4-2-6-19(17)22)31-25(21(16)11-26)30-15-18-13-28-23-9-5-3-7-20(18)23/h2-10,12-13,27-28H,14-15H2,1H3,(H2,29,30,31). The average Bonchev–Trinajstić information content (AvgIpc) is 3.40. The van der Waals surface area contributed by atoms with Crippen LogP contribution in [0.25, 0.3) is 21.8 Å². The quantitative estimate of drug-likeness (QED) is 0.302. The maximum Gasteiger partial charge on any atom is 0.146 e. The molecular weight excluding hydrogens is 384 g/mol. The number of aryl methyl sites for hydroxylation is 1. The molecule has 5 rings (SSSR count). The molecule has 0 saturated heterocycles. The molecular formula is C25H22N6. The van der Waals surface area contributed by atoms with Crippen molar-refractivity contribution in [3.63, 3.8) is 0 Å². The highest BCUT2D eigenvalue weighted by atomic mass is 15.1. The van der Waals surface area contributed by atoms with E-state index in [1.54, 1.807) is 0 Å². The first-order valence-electron chi connectivity index (χ1n) is 10.2. The monoisotopic (exact) mass is 406 g/mol. The highest BCUT2D eigenvalue weighted by Crippen LogP contribution is 2.24. The van der Waals surface area contributed by atoms with Crippen LogP contribution in [0.15, 0.2) is 67.0 Å². The number of benzene rings is 2. The molecule has 5 aromatic rings. The number of aromatic amines is 2. The Labute approximate surface area is 179 Å². The van der Waals surface area contributed by atoms with E-state index in [9.17, 15) is 5.26 Å². The van der Waals surface area contributed by atoms with Crippen LogP contribution < -0.4 is 10.6 Å². The van der Waals surface area contributed by atoms with Gasteiger partial charge in [-0.1, -0.05) is 36.4 Å². The normalized spacial score (nSPS) is 11.0. The molecule has 152 valence electrons. The van der Waals surface area contributed by atoms with E-state index >= 15 is 0 Å². The van der Waals surface area contributed by atoms with Gasteiger partial charge in [-0.25, -0.2) is 4.98 Å². The summed E-state index contributed by atoms with van der Waals surface area (Å²) in [5.41, 5.74) is 5.98. The van der Waals surface area contributed by atoms with Gasteiger partial charge in [-0.05, 0) is 41.8 Å². The van der Waals surface area contributed by atoms with E-state index in [1.807, 2.05) is 49.6 Å². The highest BCUT2D eigenvalue weighted by molar-refractivity contribution is 5.84. The first kappa shape index (κ1) is 18.8. The van der Waals surface area contributed by atoms with E-state index in [0.717, 1.165) is 28.0 Å². The molecule has 0 radical (unpaired) electrons. The molecule has 0 bridgehead atoms. The number of fused-ring (bicyclic) bond motifs is 2. The van der Waals surface area contributed by atoms with Gasteiger partial charge in [-0.15, -0.1) is 0 Å². The van der Waals surface area contributed by atoms with Crippen molar-refractivity contribution in [1.29, 1.82) is 5.26 Å². The van der Waals surface area contributed by atoms with Gasteiger partial charge in [0.05, 0.1) is 5.56 Å². The predicted octanol–water partition coefficient (Wildman–Crippen LogP) is 5.45. The molecule has 2 aromatic carbocycles. The van der Waals surface area contributed by atoms with E-state index < -0.39 is 0 Å². The molecule has 0 aliphatic heterocycles. The Balaban J connectivity index is 1.38. The van der Waals surface area contributed by atoms with Crippen molar-refractivity contribution in [2.75, 3.05) is 10.6 Å². The van der Waals surface area contributed by atoms with E-state index in [2.05, 4.69) is 50.9 Å². The number of rotatable bonds is 6. The summed E-state index contributed by atoms with van der Waals surface area (Å²) in [6.07, 6.45) is 4.01. The van der Waals surface area contributed by atoms with Gasteiger partial charge in [0.15, 0.2) is 0 Å². The lowest BCUT2D eigenvalue weighted by atomic mass is 10.1. The number of hydrogen-bond acceptors (Lipinski definition) is 4. The highest BCUT2D eigenvalue weighted by Gasteiger charge is 2.12. The van der Waals surface area contributed by atoms with Gasteiger partial charge in [-0.3, -0.25) is 0 Å². The first-order chi connectivity index (χ1) is 15.2. The lowest BCUT2D eigenvalue weighted by Crippen LogP contribution is -2.08. The van der Waals surface area contributed by atoms with Crippen LogP contribution in [-0.4, -0.2) is 15.0 Å². The van der Waals surface area contributed by atoms with Crippen LogP contribution in [0.2, 0.25) is 0 Å². The predicted molar refractivity (Wildman–Crippen MR) is 125 cm³/mol. The summed E-state index contributed by atoms with van der Waals surface area (Å²) in [6.45, 7) is 3.16. The first-order valence-corrected chi connectivity index (χ1v) is 10.2. The second kappa shape index (κ2) is 7.88. The molecule has 3 aromatic heterocycles. The second-order valence-electron chi connectivity index (χ2n) is 7.59. The van der Waals surface area contributed by atoms with Crippen LogP contribution in [0, 0.1) is 18.3 Å². The Morgan fingerprint density at radius 3 is 2.06 bits per heavy atom. The molecule has 4 N–H and O–H groups in total. The van der Waals surface area contributed by atoms with Crippen LogP contribution in [-0.2, 0) is 13.1 Å². The Bertz CT molecular complexity index is 1420. The number of pyridine rings is 1. The van der Waals surface area contributed by atoms with Gasteiger partial charge in [0.2, 0.25) is 0 Å². The van der Waals surface area contributed by atoms with Crippen molar-refractivity contribution < 1.29 is 0 Å². The zero-order valence-corrected chi connectivity index (χ0v) is 17.2. The molecule has 0 unspecified atom stereocenters. The molecule has 0 saturated carbocycles. The minimum absolute atomic E-state index is 0.567. The third-order valence-corrected chi connectivity index (χ3v) is 5.58. The lowest BCUT2D eigenvalue weighted by molar-refractivity contribution is 1.08. The maximum atomic E-state index is 9.66. The van der Waals surface area contributed by atoms with Gasteiger partial charge in [-0.2, -0.15) is 5.26 Å². The summed E-state index contributed by atoms with van der Waals surface area (Å²) in [5.74, 6) is 1.33. The fourth-order valence-electron chi connectivity index (χ4n) is 3.95. The zero-order chi connectivity index (χ0) is 21.2. The summed E-state index contributed by atoms with van der Waals surface area (Å²) in [5, 5.41) is 18.8. The second-order valence-corrected chi connectivity index (χ2v) is 7.59. The van der Waals surface area contributed by atoms with Crippen molar-refractivity contribution in [2.45, 2.75) is 20.0 Å². The molecule has 3 heterocycles. The molecule has 6 nitrogen and oxygen atoms in total. The van der Waals surface area contributed by atoms with Crippen LogP contribution in [0.1, 0.15) is 22.3 Å². The third kappa shape index (κ3) is 3.58. The van der Waals surface area contributed by atoms with Gasteiger partial charge < -0.3 is 20.6 Å². The van der Waals surface area contributed by atoms with Gasteiger partial charge in [0.25, 0.3) is 0 Å². The molecule has 0 atom stereocenters. The number of anilines is 2. The Hall–Kier alpha value is -4.24. The topological polar surface area (TPSA) is 92.3 Å². The Kier molecular flexibility index (Phi) is 4.77. The van der Waals surface area contributed by atoms with E-state index in [-0.39, 0.29) is 0 Å². The lowest BCUT2D eigenvalue weighted by Gasteiger charge is -2.13. The largest absolute Gasteiger partial charge is 0.366 e. The summed E-state index contributed by atoms with van der Waals surface area (Å²) in [7, 11) is 0. The maximum absolute atomic E-state index is 9.66. The molecule has 0 fully saturated rings. The molecule has 0 aliphatic rings. The number of para-hydroxylation sites is 2. The van der Waals surface area contributed by atoms with E-state index in [1.165, 1.54) is 16.3 Å². The molecule has 0 amide bonds. The van der Waals surface area contributed by atoms with Crippen LogP contribution in [0.5, 0.6) is 0 Å². The van der Waals surface area contributed by atoms with Gasteiger partial charge >= 0.3 is 0 Å². The van der Waals surface area contributed by atoms with E-state index in [4.69, 9.17) is 4.98 Å². The van der Waals surface area contributed by atoms with Crippen molar-refractivity contribution >= 4 is 33.4 Å². The van der Waals surface area contributed by atoms with E-state index in [0.29, 0.717) is 24.5 Å². The smallest absolute Gasteiger partial charge is 0.146 e. The number of H-pyrrole nitrogens is 2. The van der Waals surface area contributed by atoms with Gasteiger partial charge in [0, 0.05) is 47.3 Å². The summed E-state index contributed by atoms with van der Waals surface area (Å²) in [4.78, 5) is 11.3. The van der Waals surface area contributed by atoms with Crippen molar-refractivity contribution in [3.8, 4) is 6.07 Å². The molecule has 0 aliphatic carbocycles. The van der Waals surface area contributed by atoms with Crippen molar-refractivity contribution in [3.05, 3.63) is 89.2 Å². The number of nitriles is 1. The Morgan fingerprint density at radius 2 is 1.45 bits per heavy atom. The minimum atomic E-state index is 0.567. The van der Waals surface area contributed by atoms with Gasteiger partial charge in [0.1, 0.15) is 17.7 Å². The van der Waals surface area contributed by atoms with Crippen LogP contribution in [0.4, 0.5) is 11.6 Å². The Morgan fingerprint density at radius 1 is 0.871 bits per heavy atom. The number of nitrogens with zero attached hydrogens (tertiary/aromatic N) is 2. The summed E-state index contributed by atoms with van der Waals surface area (Å²) in [6, 6.07) is 20.6. The molecule has 0 spiro atoms. The van der Waals surface area contributed by atoms with Crippen LogP contribution in [0.3, 0.4) is 0 Å². The molecule has 31 heavy (non-hydrogen) atoms. The number of aromatic nitrogens is 3. The zero-order valence-electron chi connectivity index (χ0n) is 17.2. The SMILES string of the molecule is Cc1cc(NCc2c[nH]c3ccccc23)nc(NCc2c[nH]c3ccccc23)c1C#N. The van der Waals surface area contributed by atoms with Crippen molar-refractivity contribution in [1.82, 2.24) is 15.0 Å². The summed E-state index contributed by atoms with van der Waals surface area (Å²) < 4.78 is 0. The third-order valence-electron chi connectivity index (χ3n) is 5.58. The fraction of sp³-hybridized carbons (Fsp3) is 0.120. The number of nitrogens with one attached hydrogen (secondary N) is 4.